The maximum Gasteiger partial charge on any atom is 0.303 e. The number of nitrogens with one attached hydrogen (secondary N) is 1. The Bertz CT molecular complexity index is 242. The van der Waals surface area contributed by atoms with E-state index in [0.29, 0.717) is 18.9 Å². The van der Waals surface area contributed by atoms with Gasteiger partial charge in [-0.05, 0) is 25.7 Å². The molecular weight excluding hydrogens is 220 g/mol. The lowest BCUT2D eigenvalue weighted by atomic mass is 9.94. The number of hydrogen-bond donors (Lipinski definition) is 3. The van der Waals surface area contributed by atoms with Gasteiger partial charge in [-0.15, -0.1) is 0 Å². The van der Waals surface area contributed by atoms with E-state index < -0.39 is 12.0 Å². The van der Waals surface area contributed by atoms with Gasteiger partial charge in [0.2, 0.25) is 5.91 Å². The lowest BCUT2D eigenvalue weighted by molar-refractivity contribution is -0.137. The second-order valence-corrected chi connectivity index (χ2v) is 4.46. The van der Waals surface area contributed by atoms with Crippen LogP contribution in [0, 0.1) is 5.92 Å². The van der Waals surface area contributed by atoms with Crippen molar-refractivity contribution in [2.24, 2.45) is 11.7 Å². The van der Waals surface area contributed by atoms with Crippen molar-refractivity contribution in [1.29, 1.82) is 0 Å². The van der Waals surface area contributed by atoms with E-state index in [1.54, 1.807) is 6.92 Å². The minimum absolute atomic E-state index is 0.154. The van der Waals surface area contributed by atoms with E-state index in [-0.39, 0.29) is 12.3 Å². The molecule has 2 atom stereocenters. The predicted molar refractivity (Wildman–Crippen MR) is 66.5 cm³/mol. The van der Waals surface area contributed by atoms with Crippen LogP contribution >= 0.6 is 0 Å². The summed E-state index contributed by atoms with van der Waals surface area (Å²) in [5.41, 5.74) is 5.42. The van der Waals surface area contributed by atoms with E-state index in [9.17, 15) is 9.59 Å². The zero-order valence-electron chi connectivity index (χ0n) is 10.7. The van der Waals surface area contributed by atoms with Gasteiger partial charge < -0.3 is 16.2 Å². The van der Waals surface area contributed by atoms with Crippen molar-refractivity contribution in [3.05, 3.63) is 0 Å². The van der Waals surface area contributed by atoms with Crippen LogP contribution in [-0.2, 0) is 9.59 Å². The second kappa shape index (κ2) is 8.98. The van der Waals surface area contributed by atoms with Gasteiger partial charge in [0.1, 0.15) is 0 Å². The largest absolute Gasteiger partial charge is 0.481 e. The lowest BCUT2D eigenvalue weighted by Crippen LogP contribution is -2.39. The van der Waals surface area contributed by atoms with Crippen LogP contribution in [0.5, 0.6) is 0 Å². The van der Waals surface area contributed by atoms with Crippen molar-refractivity contribution in [3.63, 3.8) is 0 Å². The molecule has 100 valence electrons. The molecule has 0 fully saturated rings. The number of nitrogens with two attached hydrogens (primary N) is 1. The van der Waals surface area contributed by atoms with E-state index in [1.165, 1.54) is 0 Å². The molecule has 0 aromatic rings. The van der Waals surface area contributed by atoms with Gasteiger partial charge in [-0.25, -0.2) is 0 Å². The van der Waals surface area contributed by atoms with Crippen molar-refractivity contribution < 1.29 is 14.7 Å². The minimum Gasteiger partial charge on any atom is -0.481 e. The maximum absolute atomic E-state index is 11.2. The molecule has 0 rings (SSSR count). The summed E-state index contributed by atoms with van der Waals surface area (Å²) < 4.78 is 0. The fourth-order valence-corrected chi connectivity index (χ4v) is 1.73. The Morgan fingerprint density at radius 1 is 1.29 bits per heavy atom. The Labute approximate surface area is 103 Å². The molecule has 0 aromatic carbocycles. The van der Waals surface area contributed by atoms with Gasteiger partial charge in [-0.3, -0.25) is 9.59 Å². The third-order valence-corrected chi connectivity index (χ3v) is 2.73. The molecule has 0 aromatic heterocycles. The summed E-state index contributed by atoms with van der Waals surface area (Å²) in [7, 11) is 0. The first-order chi connectivity index (χ1) is 7.97. The summed E-state index contributed by atoms with van der Waals surface area (Å²) in [5, 5.41) is 11.4. The first kappa shape index (κ1) is 15.9. The Morgan fingerprint density at radius 2 is 1.94 bits per heavy atom. The molecule has 0 aliphatic rings. The molecular formula is C12H24N2O3. The highest BCUT2D eigenvalue weighted by Gasteiger charge is 2.11. The maximum atomic E-state index is 11.2. The van der Waals surface area contributed by atoms with Crippen LogP contribution in [-0.4, -0.2) is 29.6 Å². The summed E-state index contributed by atoms with van der Waals surface area (Å²) in [6, 6.07) is -0.487. The number of amides is 1. The van der Waals surface area contributed by atoms with Crippen molar-refractivity contribution in [2.75, 3.05) is 6.54 Å². The molecule has 4 N–H and O–H groups in total. The van der Waals surface area contributed by atoms with Crippen molar-refractivity contribution >= 4 is 11.9 Å². The first-order valence-electron chi connectivity index (χ1n) is 6.22. The van der Waals surface area contributed by atoms with Crippen molar-refractivity contribution in [1.82, 2.24) is 5.32 Å². The summed E-state index contributed by atoms with van der Waals surface area (Å²) in [5.74, 6) is -0.548. The van der Waals surface area contributed by atoms with Gasteiger partial charge in [0.25, 0.3) is 0 Å². The van der Waals surface area contributed by atoms with Crippen LogP contribution in [0.15, 0.2) is 0 Å². The zero-order valence-corrected chi connectivity index (χ0v) is 10.7. The molecule has 0 aliphatic carbocycles. The van der Waals surface area contributed by atoms with E-state index >= 15 is 0 Å². The fourth-order valence-electron chi connectivity index (χ4n) is 1.73. The van der Waals surface area contributed by atoms with E-state index in [2.05, 4.69) is 12.2 Å². The molecule has 0 bridgehead atoms. The molecule has 0 saturated heterocycles. The monoisotopic (exact) mass is 244 g/mol. The SMILES string of the molecule is CCCC(CCNC(=O)[C@H](C)N)CCC(=O)O. The summed E-state index contributed by atoms with van der Waals surface area (Å²) in [4.78, 5) is 21.7. The molecule has 0 spiro atoms. The highest BCUT2D eigenvalue weighted by atomic mass is 16.4. The van der Waals surface area contributed by atoms with Crippen molar-refractivity contribution in [2.45, 2.75) is 52.0 Å². The Balaban J connectivity index is 3.83. The average molecular weight is 244 g/mol. The number of rotatable bonds is 9. The van der Waals surface area contributed by atoms with Crippen LogP contribution in [0.4, 0.5) is 0 Å². The standard InChI is InChI=1S/C12H24N2O3/c1-3-4-10(5-6-11(15)16)7-8-14-12(17)9(2)13/h9-10H,3-8,13H2,1-2H3,(H,14,17)(H,15,16)/t9-,10?/m0/s1. The van der Waals surface area contributed by atoms with E-state index in [4.69, 9.17) is 10.8 Å². The molecule has 5 nitrogen and oxygen atoms in total. The third-order valence-electron chi connectivity index (χ3n) is 2.73. The van der Waals surface area contributed by atoms with Crippen LogP contribution in [0.2, 0.25) is 0 Å². The minimum atomic E-state index is -0.759. The lowest BCUT2D eigenvalue weighted by Gasteiger charge is -2.16. The molecule has 1 amide bonds. The highest BCUT2D eigenvalue weighted by molar-refractivity contribution is 5.80. The van der Waals surface area contributed by atoms with Crippen molar-refractivity contribution in [3.8, 4) is 0 Å². The topological polar surface area (TPSA) is 92.4 Å². The quantitative estimate of drug-likeness (QED) is 0.566. The fraction of sp³-hybridized carbons (Fsp3) is 0.833. The van der Waals surface area contributed by atoms with Gasteiger partial charge in [0.15, 0.2) is 0 Å². The van der Waals surface area contributed by atoms with Crippen LogP contribution < -0.4 is 11.1 Å². The Morgan fingerprint density at radius 3 is 2.41 bits per heavy atom. The highest BCUT2D eigenvalue weighted by Crippen LogP contribution is 2.17. The number of carboxylic acid groups (broad SMARTS) is 1. The third kappa shape index (κ3) is 8.68. The van der Waals surface area contributed by atoms with E-state index in [0.717, 1.165) is 19.3 Å². The molecule has 1 unspecified atom stereocenters. The number of carbonyl (C=O) groups is 2. The molecule has 0 saturated carbocycles. The number of carboxylic acids is 1. The smallest absolute Gasteiger partial charge is 0.303 e. The van der Waals surface area contributed by atoms with Gasteiger partial charge in [0, 0.05) is 13.0 Å². The number of aliphatic carboxylic acids is 1. The predicted octanol–water partition coefficient (Wildman–Crippen LogP) is 1.12. The molecule has 0 aliphatic heterocycles. The van der Waals surface area contributed by atoms with E-state index in [1.807, 2.05) is 0 Å². The summed E-state index contributed by atoms with van der Waals surface area (Å²) in [6.07, 6.45) is 3.73. The molecule has 0 radical (unpaired) electrons. The van der Waals surface area contributed by atoms with Crippen LogP contribution in [0.1, 0.15) is 46.0 Å². The first-order valence-corrected chi connectivity index (χ1v) is 6.22. The summed E-state index contributed by atoms with van der Waals surface area (Å²) in [6.45, 7) is 4.29. The second-order valence-electron chi connectivity index (χ2n) is 4.46. The van der Waals surface area contributed by atoms with Gasteiger partial charge >= 0.3 is 5.97 Å². The number of carbonyl (C=O) groups excluding carboxylic acids is 1. The zero-order chi connectivity index (χ0) is 13.3. The van der Waals surface area contributed by atoms with Gasteiger partial charge in [0.05, 0.1) is 6.04 Å². The van der Waals surface area contributed by atoms with Gasteiger partial charge in [-0.1, -0.05) is 19.8 Å². The van der Waals surface area contributed by atoms with Crippen LogP contribution in [0.25, 0.3) is 0 Å². The number of hydrogen-bond acceptors (Lipinski definition) is 3. The normalized spacial score (nSPS) is 14.1. The average Bonchev–Trinajstić information content (AvgIpc) is 2.25. The Hall–Kier alpha value is -1.10. The molecule has 0 heterocycles. The Kier molecular flexibility index (Phi) is 8.40. The molecule has 5 heteroatoms. The summed E-state index contributed by atoms with van der Waals surface area (Å²) >= 11 is 0. The molecule has 17 heavy (non-hydrogen) atoms. The van der Waals surface area contributed by atoms with Gasteiger partial charge in [-0.2, -0.15) is 0 Å². The van der Waals surface area contributed by atoms with Crippen LogP contribution in [0.3, 0.4) is 0 Å².